The summed E-state index contributed by atoms with van der Waals surface area (Å²) < 4.78 is 50.2. The summed E-state index contributed by atoms with van der Waals surface area (Å²) in [5.41, 5.74) is -1.09. The minimum Gasteiger partial charge on any atom is -0.477 e. The molecule has 0 aliphatic carbocycles. The standard InChI is InChI=1S/C8H4F4O2/c9-5-2-1-4(3-6(5)10)8(11,12)7(13)14/h1-3H,(H,13,14). The van der Waals surface area contributed by atoms with Gasteiger partial charge in [-0.05, 0) is 18.2 Å². The van der Waals surface area contributed by atoms with Crippen molar-refractivity contribution in [3.63, 3.8) is 0 Å². The van der Waals surface area contributed by atoms with Crippen LogP contribution in [-0.2, 0) is 10.7 Å². The van der Waals surface area contributed by atoms with Crippen LogP contribution in [0.3, 0.4) is 0 Å². The summed E-state index contributed by atoms with van der Waals surface area (Å²) in [7, 11) is 0. The van der Waals surface area contributed by atoms with Crippen molar-refractivity contribution < 1.29 is 27.5 Å². The molecule has 0 atom stereocenters. The molecular weight excluding hydrogens is 204 g/mol. The molecule has 0 fully saturated rings. The van der Waals surface area contributed by atoms with Crippen molar-refractivity contribution in [2.45, 2.75) is 5.92 Å². The molecule has 1 aromatic rings. The van der Waals surface area contributed by atoms with E-state index in [2.05, 4.69) is 0 Å². The number of carboxylic acids is 1. The van der Waals surface area contributed by atoms with Crippen LogP contribution in [0.2, 0.25) is 0 Å². The molecule has 0 saturated carbocycles. The minimum absolute atomic E-state index is 0.156. The van der Waals surface area contributed by atoms with Crippen molar-refractivity contribution in [1.29, 1.82) is 0 Å². The fourth-order valence-electron chi connectivity index (χ4n) is 0.815. The highest BCUT2D eigenvalue weighted by atomic mass is 19.3. The highest BCUT2D eigenvalue weighted by Crippen LogP contribution is 2.28. The molecule has 0 unspecified atom stereocenters. The maximum atomic E-state index is 12.7. The van der Waals surface area contributed by atoms with Crippen LogP contribution in [0.1, 0.15) is 5.56 Å². The van der Waals surface area contributed by atoms with E-state index >= 15 is 0 Å². The van der Waals surface area contributed by atoms with Crippen LogP contribution in [0.15, 0.2) is 18.2 Å². The second kappa shape index (κ2) is 3.28. The van der Waals surface area contributed by atoms with E-state index in [1.165, 1.54) is 0 Å². The van der Waals surface area contributed by atoms with E-state index < -0.39 is 29.1 Å². The van der Waals surface area contributed by atoms with Gasteiger partial charge in [-0.15, -0.1) is 0 Å². The lowest BCUT2D eigenvalue weighted by atomic mass is 10.1. The molecule has 14 heavy (non-hydrogen) atoms. The summed E-state index contributed by atoms with van der Waals surface area (Å²) in [6, 6.07) is 1.12. The number of benzene rings is 1. The van der Waals surface area contributed by atoms with Crippen LogP contribution < -0.4 is 0 Å². The maximum absolute atomic E-state index is 12.7. The van der Waals surface area contributed by atoms with Gasteiger partial charge in [0.1, 0.15) is 0 Å². The Balaban J connectivity index is 3.21. The molecule has 0 amide bonds. The third-order valence-corrected chi connectivity index (χ3v) is 1.55. The molecule has 1 aromatic carbocycles. The van der Waals surface area contributed by atoms with Crippen LogP contribution in [0.25, 0.3) is 0 Å². The Hall–Kier alpha value is -1.59. The van der Waals surface area contributed by atoms with Crippen LogP contribution in [0.4, 0.5) is 17.6 Å². The lowest BCUT2D eigenvalue weighted by molar-refractivity contribution is -0.166. The molecule has 1 N–H and O–H groups in total. The largest absolute Gasteiger partial charge is 0.477 e. The van der Waals surface area contributed by atoms with Gasteiger partial charge in [0.15, 0.2) is 11.6 Å². The Morgan fingerprint density at radius 3 is 2.21 bits per heavy atom. The Morgan fingerprint density at radius 1 is 1.21 bits per heavy atom. The second-order valence-corrected chi connectivity index (χ2v) is 2.51. The number of alkyl halides is 2. The van der Waals surface area contributed by atoms with Gasteiger partial charge in [0.05, 0.1) is 0 Å². The van der Waals surface area contributed by atoms with Gasteiger partial charge in [-0.25, -0.2) is 13.6 Å². The first-order valence-electron chi connectivity index (χ1n) is 3.42. The average molecular weight is 208 g/mol. The highest BCUT2D eigenvalue weighted by Gasteiger charge is 2.41. The fourth-order valence-corrected chi connectivity index (χ4v) is 0.815. The Labute approximate surface area is 75.8 Å². The zero-order valence-corrected chi connectivity index (χ0v) is 6.60. The fraction of sp³-hybridized carbons (Fsp3) is 0.125. The molecule has 2 nitrogen and oxygen atoms in total. The minimum atomic E-state index is -4.21. The normalized spacial score (nSPS) is 11.4. The smallest absolute Gasteiger partial charge is 0.379 e. The van der Waals surface area contributed by atoms with E-state index in [-0.39, 0.29) is 6.07 Å². The molecule has 0 radical (unpaired) electrons. The zero-order chi connectivity index (χ0) is 10.9. The quantitative estimate of drug-likeness (QED) is 0.756. The molecule has 1 rings (SSSR count). The SMILES string of the molecule is O=C(O)C(F)(F)c1ccc(F)c(F)c1. The van der Waals surface area contributed by atoms with E-state index in [9.17, 15) is 22.4 Å². The van der Waals surface area contributed by atoms with Crippen molar-refractivity contribution in [2.75, 3.05) is 0 Å². The van der Waals surface area contributed by atoms with Gasteiger partial charge in [0.25, 0.3) is 0 Å². The zero-order valence-electron chi connectivity index (χ0n) is 6.60. The van der Waals surface area contributed by atoms with Crippen molar-refractivity contribution in [2.24, 2.45) is 0 Å². The molecule has 0 aliphatic heterocycles. The van der Waals surface area contributed by atoms with Crippen molar-refractivity contribution in [3.8, 4) is 0 Å². The predicted octanol–water partition coefficient (Wildman–Crippen LogP) is 2.14. The van der Waals surface area contributed by atoms with E-state index in [4.69, 9.17) is 5.11 Å². The maximum Gasteiger partial charge on any atom is 0.379 e. The molecule has 0 aromatic heterocycles. The number of aliphatic carboxylic acids is 1. The lowest BCUT2D eigenvalue weighted by Crippen LogP contribution is -2.25. The van der Waals surface area contributed by atoms with Crippen LogP contribution >= 0.6 is 0 Å². The number of hydrogen-bond donors (Lipinski definition) is 1. The molecule has 0 heterocycles. The van der Waals surface area contributed by atoms with Gasteiger partial charge in [-0.2, -0.15) is 8.78 Å². The highest BCUT2D eigenvalue weighted by molar-refractivity contribution is 5.77. The number of carbonyl (C=O) groups is 1. The molecule has 76 valence electrons. The van der Waals surface area contributed by atoms with E-state index in [1.54, 1.807) is 0 Å². The van der Waals surface area contributed by atoms with Crippen LogP contribution in [-0.4, -0.2) is 11.1 Å². The third kappa shape index (κ3) is 1.68. The summed E-state index contributed by atoms with van der Waals surface area (Å²) in [5.74, 6) is -9.45. The summed E-state index contributed by atoms with van der Waals surface area (Å²) >= 11 is 0. The van der Waals surface area contributed by atoms with Crippen molar-refractivity contribution in [3.05, 3.63) is 35.4 Å². The Kier molecular flexibility index (Phi) is 2.46. The Bertz CT molecular complexity index is 376. The van der Waals surface area contributed by atoms with E-state index in [0.29, 0.717) is 12.1 Å². The van der Waals surface area contributed by atoms with Gasteiger partial charge >= 0.3 is 11.9 Å². The van der Waals surface area contributed by atoms with E-state index in [1.807, 2.05) is 0 Å². The van der Waals surface area contributed by atoms with Gasteiger partial charge in [-0.1, -0.05) is 0 Å². The van der Waals surface area contributed by atoms with Crippen LogP contribution in [0.5, 0.6) is 0 Å². The number of rotatable bonds is 2. The molecule has 0 saturated heterocycles. The first-order chi connectivity index (χ1) is 6.35. The Morgan fingerprint density at radius 2 is 1.79 bits per heavy atom. The first kappa shape index (κ1) is 10.5. The third-order valence-electron chi connectivity index (χ3n) is 1.55. The topological polar surface area (TPSA) is 37.3 Å². The van der Waals surface area contributed by atoms with Crippen LogP contribution in [0, 0.1) is 11.6 Å². The van der Waals surface area contributed by atoms with Gasteiger partial charge in [0, 0.05) is 5.56 Å². The van der Waals surface area contributed by atoms with Crippen molar-refractivity contribution >= 4 is 5.97 Å². The summed E-state index contributed by atoms with van der Waals surface area (Å²) in [6.45, 7) is 0. The van der Waals surface area contributed by atoms with Gasteiger partial charge < -0.3 is 5.11 Å². The summed E-state index contributed by atoms with van der Waals surface area (Å²) in [4.78, 5) is 10.1. The summed E-state index contributed by atoms with van der Waals surface area (Å²) in [6.07, 6.45) is 0. The molecular formula is C8H4F4O2. The monoisotopic (exact) mass is 208 g/mol. The van der Waals surface area contributed by atoms with Gasteiger partial charge in [0.2, 0.25) is 0 Å². The summed E-state index contributed by atoms with van der Waals surface area (Å²) in [5, 5.41) is 8.09. The average Bonchev–Trinajstić information content (AvgIpc) is 2.09. The molecule has 0 spiro atoms. The van der Waals surface area contributed by atoms with E-state index in [0.717, 1.165) is 0 Å². The second-order valence-electron chi connectivity index (χ2n) is 2.51. The first-order valence-corrected chi connectivity index (χ1v) is 3.42. The number of halogens is 4. The molecule has 0 aliphatic rings. The molecule has 0 bridgehead atoms. The van der Waals surface area contributed by atoms with Gasteiger partial charge in [-0.3, -0.25) is 0 Å². The predicted molar refractivity (Wildman–Crippen MR) is 37.9 cm³/mol. The molecule has 6 heteroatoms. The lowest BCUT2D eigenvalue weighted by Gasteiger charge is -2.10. The van der Waals surface area contributed by atoms with Crippen molar-refractivity contribution in [1.82, 2.24) is 0 Å². The number of hydrogen-bond acceptors (Lipinski definition) is 1. The number of carboxylic acid groups (broad SMARTS) is 1.